The molecule has 0 spiro atoms. The molecule has 0 bridgehead atoms. The number of likely N-dealkylation sites (N-methyl/N-ethyl adjacent to an activating group) is 1. The van der Waals surface area contributed by atoms with Gasteiger partial charge in [0.05, 0.1) is 0 Å². The van der Waals surface area contributed by atoms with Gasteiger partial charge in [-0.25, -0.2) is 0 Å². The van der Waals surface area contributed by atoms with Gasteiger partial charge in [0, 0.05) is 19.1 Å². The van der Waals surface area contributed by atoms with Crippen molar-refractivity contribution in [1.82, 2.24) is 10.2 Å². The summed E-state index contributed by atoms with van der Waals surface area (Å²) in [6, 6.07) is 0.840. The van der Waals surface area contributed by atoms with Crippen molar-refractivity contribution < 1.29 is 0 Å². The van der Waals surface area contributed by atoms with Crippen molar-refractivity contribution in [3.63, 3.8) is 0 Å². The van der Waals surface area contributed by atoms with Crippen LogP contribution in [0.1, 0.15) is 39.5 Å². The number of nitrogens with two attached hydrogens (primary N) is 1. The lowest BCUT2D eigenvalue weighted by atomic mass is 9.96. The number of hydrogen-bond acceptors (Lipinski definition) is 3. The van der Waals surface area contributed by atoms with Crippen LogP contribution in [0.3, 0.4) is 0 Å². The Bertz CT molecular complexity index is 188. The molecule has 0 aromatic heterocycles. The summed E-state index contributed by atoms with van der Waals surface area (Å²) >= 11 is 0. The lowest BCUT2D eigenvalue weighted by Crippen LogP contribution is -2.38. The van der Waals surface area contributed by atoms with Gasteiger partial charge in [0.25, 0.3) is 0 Å². The van der Waals surface area contributed by atoms with Gasteiger partial charge in [-0.2, -0.15) is 0 Å². The van der Waals surface area contributed by atoms with Gasteiger partial charge in [-0.3, -0.25) is 0 Å². The monoisotopic (exact) mass is 241 g/mol. The van der Waals surface area contributed by atoms with Crippen molar-refractivity contribution >= 4 is 0 Å². The number of nitrogens with zero attached hydrogens (tertiary/aromatic N) is 1. The molecule has 0 aromatic carbocycles. The highest BCUT2D eigenvalue weighted by Crippen LogP contribution is 2.21. The predicted molar refractivity (Wildman–Crippen MR) is 75.1 cm³/mol. The fourth-order valence-corrected chi connectivity index (χ4v) is 2.66. The quantitative estimate of drug-likeness (QED) is 0.635. The standard InChI is InChI=1S/C14H31N3/c1-12(2)13(10-15)11-16-8-9-17(3)14-6-4-5-7-14/h12-14,16H,4-11,15H2,1-3H3. The molecule has 1 atom stereocenters. The summed E-state index contributed by atoms with van der Waals surface area (Å²) in [4.78, 5) is 2.52. The maximum atomic E-state index is 5.76. The van der Waals surface area contributed by atoms with Gasteiger partial charge in [0.15, 0.2) is 0 Å². The van der Waals surface area contributed by atoms with E-state index < -0.39 is 0 Å². The first kappa shape index (κ1) is 14.9. The summed E-state index contributed by atoms with van der Waals surface area (Å²) in [7, 11) is 2.26. The van der Waals surface area contributed by atoms with Gasteiger partial charge in [0.2, 0.25) is 0 Å². The van der Waals surface area contributed by atoms with Crippen LogP contribution < -0.4 is 11.1 Å². The van der Waals surface area contributed by atoms with E-state index in [1.807, 2.05) is 0 Å². The molecule has 3 N–H and O–H groups in total. The lowest BCUT2D eigenvalue weighted by Gasteiger charge is -2.25. The van der Waals surface area contributed by atoms with Crippen LogP contribution in [0.2, 0.25) is 0 Å². The fourth-order valence-electron chi connectivity index (χ4n) is 2.66. The summed E-state index contributed by atoms with van der Waals surface area (Å²) in [6.45, 7) is 8.62. The summed E-state index contributed by atoms with van der Waals surface area (Å²) in [6.07, 6.45) is 5.64. The third kappa shape index (κ3) is 5.36. The van der Waals surface area contributed by atoms with Gasteiger partial charge in [0.1, 0.15) is 0 Å². The minimum Gasteiger partial charge on any atom is -0.330 e. The largest absolute Gasteiger partial charge is 0.330 e. The van der Waals surface area contributed by atoms with E-state index in [-0.39, 0.29) is 0 Å². The summed E-state index contributed by atoms with van der Waals surface area (Å²) in [5, 5.41) is 3.55. The van der Waals surface area contributed by atoms with Crippen LogP contribution >= 0.6 is 0 Å². The molecule has 0 aromatic rings. The van der Waals surface area contributed by atoms with E-state index >= 15 is 0 Å². The second-order valence-electron chi connectivity index (χ2n) is 5.86. The molecule has 0 aliphatic heterocycles. The van der Waals surface area contributed by atoms with Crippen LogP contribution in [0.15, 0.2) is 0 Å². The molecule has 3 heteroatoms. The van der Waals surface area contributed by atoms with Crippen molar-refractivity contribution in [1.29, 1.82) is 0 Å². The molecule has 1 rings (SSSR count). The van der Waals surface area contributed by atoms with E-state index in [1.54, 1.807) is 0 Å². The van der Waals surface area contributed by atoms with E-state index in [0.717, 1.165) is 25.7 Å². The molecule has 0 saturated heterocycles. The second kappa shape index (κ2) is 8.06. The number of hydrogen-bond donors (Lipinski definition) is 2. The normalized spacial score (nSPS) is 19.4. The average molecular weight is 241 g/mol. The zero-order valence-corrected chi connectivity index (χ0v) is 11.9. The van der Waals surface area contributed by atoms with E-state index in [2.05, 4.69) is 31.1 Å². The minimum atomic E-state index is 0.617. The van der Waals surface area contributed by atoms with E-state index in [1.165, 1.54) is 32.2 Å². The van der Waals surface area contributed by atoms with Crippen LogP contribution in [0.25, 0.3) is 0 Å². The Morgan fingerprint density at radius 1 is 1.29 bits per heavy atom. The molecular weight excluding hydrogens is 210 g/mol. The van der Waals surface area contributed by atoms with Crippen molar-refractivity contribution in [2.75, 3.05) is 33.2 Å². The highest BCUT2D eigenvalue weighted by atomic mass is 15.1. The summed E-state index contributed by atoms with van der Waals surface area (Å²) < 4.78 is 0. The molecule has 1 aliphatic rings. The van der Waals surface area contributed by atoms with Crippen LogP contribution in [0.4, 0.5) is 0 Å². The minimum absolute atomic E-state index is 0.617. The van der Waals surface area contributed by atoms with Gasteiger partial charge in [-0.1, -0.05) is 26.7 Å². The van der Waals surface area contributed by atoms with E-state index in [4.69, 9.17) is 5.73 Å². The molecule has 3 nitrogen and oxygen atoms in total. The van der Waals surface area contributed by atoms with Gasteiger partial charge >= 0.3 is 0 Å². The highest BCUT2D eigenvalue weighted by molar-refractivity contribution is 4.75. The summed E-state index contributed by atoms with van der Waals surface area (Å²) in [5.74, 6) is 1.30. The maximum absolute atomic E-state index is 5.76. The second-order valence-corrected chi connectivity index (χ2v) is 5.86. The van der Waals surface area contributed by atoms with Gasteiger partial charge in [-0.15, -0.1) is 0 Å². The van der Waals surface area contributed by atoms with E-state index in [9.17, 15) is 0 Å². The average Bonchev–Trinajstić information content (AvgIpc) is 2.81. The SMILES string of the molecule is CC(C)C(CN)CNCCN(C)C1CCCC1. The molecule has 0 radical (unpaired) electrons. The Morgan fingerprint density at radius 3 is 2.47 bits per heavy atom. The van der Waals surface area contributed by atoms with Gasteiger partial charge in [-0.05, 0) is 44.8 Å². The maximum Gasteiger partial charge on any atom is 0.0107 e. The molecule has 1 unspecified atom stereocenters. The predicted octanol–water partition coefficient (Wildman–Crippen LogP) is 1.68. The Morgan fingerprint density at radius 2 is 1.94 bits per heavy atom. The van der Waals surface area contributed by atoms with Gasteiger partial charge < -0.3 is 16.0 Å². The lowest BCUT2D eigenvalue weighted by molar-refractivity contribution is 0.242. The fraction of sp³-hybridized carbons (Fsp3) is 1.00. The van der Waals surface area contributed by atoms with Crippen LogP contribution in [0, 0.1) is 11.8 Å². The summed E-state index contributed by atoms with van der Waals surface area (Å²) in [5.41, 5.74) is 5.76. The topological polar surface area (TPSA) is 41.3 Å². The first-order valence-corrected chi connectivity index (χ1v) is 7.26. The number of rotatable bonds is 8. The number of nitrogens with one attached hydrogen (secondary N) is 1. The van der Waals surface area contributed by atoms with Crippen LogP contribution in [0.5, 0.6) is 0 Å². The third-order valence-electron chi connectivity index (χ3n) is 4.24. The van der Waals surface area contributed by atoms with E-state index in [0.29, 0.717) is 11.8 Å². The smallest absolute Gasteiger partial charge is 0.0107 e. The van der Waals surface area contributed by atoms with Crippen LogP contribution in [-0.4, -0.2) is 44.2 Å². The molecular formula is C14H31N3. The van der Waals surface area contributed by atoms with Crippen molar-refractivity contribution in [2.24, 2.45) is 17.6 Å². The highest BCUT2D eigenvalue weighted by Gasteiger charge is 2.18. The molecule has 1 saturated carbocycles. The molecule has 0 heterocycles. The van der Waals surface area contributed by atoms with Crippen molar-refractivity contribution in [3.05, 3.63) is 0 Å². The molecule has 1 fully saturated rings. The first-order valence-electron chi connectivity index (χ1n) is 7.26. The zero-order chi connectivity index (χ0) is 12.7. The molecule has 17 heavy (non-hydrogen) atoms. The van der Waals surface area contributed by atoms with Crippen molar-refractivity contribution in [2.45, 2.75) is 45.6 Å². The Balaban J connectivity index is 2.06. The first-order chi connectivity index (χ1) is 8.15. The van der Waals surface area contributed by atoms with Crippen LogP contribution in [-0.2, 0) is 0 Å². The van der Waals surface area contributed by atoms with Crippen molar-refractivity contribution in [3.8, 4) is 0 Å². The zero-order valence-electron chi connectivity index (χ0n) is 11.9. The molecule has 0 amide bonds. The third-order valence-corrected chi connectivity index (χ3v) is 4.24. The molecule has 102 valence electrons. The molecule has 1 aliphatic carbocycles. The Kier molecular flexibility index (Phi) is 7.09. The Hall–Kier alpha value is -0.120. The Labute approximate surface area is 107 Å².